The standard InChI is InChI=1S/C9H15F2NO2/c1-9(10,11)7-14-8(13)6-12-4-2-3-5-12/h2-7H2,1H3. The minimum absolute atomic E-state index is 0.135. The summed E-state index contributed by atoms with van der Waals surface area (Å²) in [7, 11) is 0. The van der Waals surface area contributed by atoms with Gasteiger partial charge in [0.05, 0.1) is 6.54 Å². The van der Waals surface area contributed by atoms with Crippen LogP contribution in [0.1, 0.15) is 19.8 Å². The molecule has 0 radical (unpaired) electrons. The monoisotopic (exact) mass is 207 g/mol. The van der Waals surface area contributed by atoms with Crippen LogP contribution in [0, 0.1) is 0 Å². The zero-order chi connectivity index (χ0) is 10.6. The fraction of sp³-hybridized carbons (Fsp3) is 0.889. The number of hydrogen-bond acceptors (Lipinski definition) is 3. The van der Waals surface area contributed by atoms with Crippen LogP contribution in [0.3, 0.4) is 0 Å². The Morgan fingerprint density at radius 2 is 2.00 bits per heavy atom. The number of hydrogen-bond donors (Lipinski definition) is 0. The van der Waals surface area contributed by atoms with E-state index in [0.29, 0.717) is 0 Å². The van der Waals surface area contributed by atoms with Crippen LogP contribution in [0.5, 0.6) is 0 Å². The lowest BCUT2D eigenvalue weighted by Gasteiger charge is -2.15. The van der Waals surface area contributed by atoms with Crippen molar-refractivity contribution >= 4 is 5.97 Å². The minimum atomic E-state index is -2.93. The molecule has 0 atom stereocenters. The summed E-state index contributed by atoms with van der Waals surface area (Å²) >= 11 is 0. The minimum Gasteiger partial charge on any atom is -0.458 e. The number of carbonyl (C=O) groups is 1. The molecule has 0 aromatic carbocycles. The molecule has 14 heavy (non-hydrogen) atoms. The first-order chi connectivity index (χ1) is 6.47. The van der Waals surface area contributed by atoms with E-state index >= 15 is 0 Å². The first kappa shape index (κ1) is 11.4. The van der Waals surface area contributed by atoms with E-state index in [9.17, 15) is 13.6 Å². The Kier molecular flexibility index (Phi) is 3.80. The lowest BCUT2D eigenvalue weighted by Crippen LogP contribution is -2.31. The Balaban J connectivity index is 2.15. The fourth-order valence-electron chi connectivity index (χ4n) is 1.38. The molecule has 0 amide bonds. The van der Waals surface area contributed by atoms with E-state index in [1.54, 1.807) is 0 Å². The van der Waals surface area contributed by atoms with E-state index in [4.69, 9.17) is 0 Å². The second-order valence-corrected chi connectivity index (χ2v) is 3.71. The van der Waals surface area contributed by atoms with Gasteiger partial charge in [0.1, 0.15) is 0 Å². The van der Waals surface area contributed by atoms with Gasteiger partial charge in [-0.25, -0.2) is 8.78 Å². The molecule has 0 spiro atoms. The van der Waals surface area contributed by atoms with Crippen molar-refractivity contribution in [2.45, 2.75) is 25.7 Å². The molecule has 0 N–H and O–H groups in total. The van der Waals surface area contributed by atoms with E-state index in [1.165, 1.54) is 0 Å². The van der Waals surface area contributed by atoms with Gasteiger partial charge in [-0.3, -0.25) is 9.69 Å². The number of rotatable bonds is 4. The van der Waals surface area contributed by atoms with Crippen molar-refractivity contribution in [2.24, 2.45) is 0 Å². The Morgan fingerprint density at radius 1 is 1.43 bits per heavy atom. The maximum atomic E-state index is 12.3. The van der Waals surface area contributed by atoms with Crippen molar-refractivity contribution in [2.75, 3.05) is 26.2 Å². The average molecular weight is 207 g/mol. The van der Waals surface area contributed by atoms with Crippen LogP contribution in [-0.2, 0) is 9.53 Å². The molecular weight excluding hydrogens is 192 g/mol. The first-order valence-electron chi connectivity index (χ1n) is 4.73. The van der Waals surface area contributed by atoms with Gasteiger partial charge in [-0.05, 0) is 25.9 Å². The maximum Gasteiger partial charge on any atom is 0.320 e. The lowest BCUT2D eigenvalue weighted by atomic mass is 10.4. The predicted octanol–water partition coefficient (Wildman–Crippen LogP) is 1.28. The third-order valence-electron chi connectivity index (χ3n) is 2.04. The van der Waals surface area contributed by atoms with Crippen molar-refractivity contribution in [1.82, 2.24) is 4.90 Å². The molecule has 0 aromatic heterocycles. The molecular formula is C9H15F2NO2. The van der Waals surface area contributed by atoms with Crippen LogP contribution in [0.4, 0.5) is 8.78 Å². The SMILES string of the molecule is CC(F)(F)COC(=O)CN1CCCC1. The molecule has 1 rings (SSSR count). The molecule has 1 aliphatic rings. The smallest absolute Gasteiger partial charge is 0.320 e. The van der Waals surface area contributed by atoms with E-state index in [1.807, 2.05) is 4.90 Å². The number of carbonyl (C=O) groups excluding carboxylic acids is 1. The zero-order valence-electron chi connectivity index (χ0n) is 8.26. The highest BCUT2D eigenvalue weighted by molar-refractivity contribution is 5.71. The molecule has 1 heterocycles. The summed E-state index contributed by atoms with van der Waals surface area (Å²) in [5.41, 5.74) is 0. The van der Waals surface area contributed by atoms with Crippen LogP contribution in [0.15, 0.2) is 0 Å². The highest BCUT2D eigenvalue weighted by Gasteiger charge is 2.24. The van der Waals surface area contributed by atoms with Crippen LogP contribution >= 0.6 is 0 Å². The van der Waals surface area contributed by atoms with Gasteiger partial charge in [-0.2, -0.15) is 0 Å². The van der Waals surface area contributed by atoms with Gasteiger partial charge < -0.3 is 4.74 Å². The summed E-state index contributed by atoms with van der Waals surface area (Å²) in [6.07, 6.45) is 2.13. The third-order valence-corrected chi connectivity index (χ3v) is 2.04. The highest BCUT2D eigenvalue weighted by atomic mass is 19.3. The van der Waals surface area contributed by atoms with Gasteiger partial charge in [-0.15, -0.1) is 0 Å². The third kappa shape index (κ3) is 4.50. The fourth-order valence-corrected chi connectivity index (χ4v) is 1.38. The summed E-state index contributed by atoms with van der Waals surface area (Å²) in [4.78, 5) is 13.0. The van der Waals surface area contributed by atoms with Gasteiger partial charge in [0.25, 0.3) is 5.92 Å². The Labute approximate surface area is 82.0 Å². The Hall–Kier alpha value is -0.710. The molecule has 1 fully saturated rings. The molecule has 0 bridgehead atoms. The maximum absolute atomic E-state index is 12.3. The number of likely N-dealkylation sites (tertiary alicyclic amines) is 1. The van der Waals surface area contributed by atoms with Gasteiger partial charge in [-0.1, -0.05) is 0 Å². The number of halogens is 2. The summed E-state index contributed by atoms with van der Waals surface area (Å²) in [5, 5.41) is 0. The lowest BCUT2D eigenvalue weighted by molar-refractivity contribution is -0.154. The molecule has 5 heteroatoms. The topological polar surface area (TPSA) is 29.5 Å². The van der Waals surface area contributed by atoms with Crippen LogP contribution < -0.4 is 0 Å². The molecule has 3 nitrogen and oxygen atoms in total. The second kappa shape index (κ2) is 4.68. The predicted molar refractivity (Wildman–Crippen MR) is 47.3 cm³/mol. The van der Waals surface area contributed by atoms with E-state index in [0.717, 1.165) is 32.9 Å². The Bertz CT molecular complexity index is 197. The number of ether oxygens (including phenoxy) is 1. The summed E-state index contributed by atoms with van der Waals surface area (Å²) in [5.74, 6) is -3.49. The summed E-state index contributed by atoms with van der Waals surface area (Å²) in [6.45, 7) is 1.77. The van der Waals surface area contributed by atoms with Gasteiger partial charge in [0.15, 0.2) is 6.61 Å². The largest absolute Gasteiger partial charge is 0.458 e. The van der Waals surface area contributed by atoms with Crippen molar-refractivity contribution in [3.8, 4) is 0 Å². The van der Waals surface area contributed by atoms with Gasteiger partial charge >= 0.3 is 5.97 Å². The summed E-state index contributed by atoms with van der Waals surface area (Å²) in [6, 6.07) is 0. The van der Waals surface area contributed by atoms with Crippen LogP contribution in [-0.4, -0.2) is 43.0 Å². The van der Waals surface area contributed by atoms with Crippen molar-refractivity contribution in [3.63, 3.8) is 0 Å². The normalized spacial score (nSPS) is 18.5. The molecule has 0 aliphatic carbocycles. The molecule has 0 saturated carbocycles. The first-order valence-corrected chi connectivity index (χ1v) is 4.73. The van der Waals surface area contributed by atoms with Crippen LogP contribution in [0.25, 0.3) is 0 Å². The highest BCUT2D eigenvalue weighted by Crippen LogP contribution is 2.12. The van der Waals surface area contributed by atoms with E-state index in [-0.39, 0.29) is 6.54 Å². The quantitative estimate of drug-likeness (QED) is 0.650. The van der Waals surface area contributed by atoms with Crippen molar-refractivity contribution in [3.05, 3.63) is 0 Å². The summed E-state index contributed by atoms with van der Waals surface area (Å²) < 4.78 is 29.0. The van der Waals surface area contributed by atoms with Gasteiger partial charge in [0, 0.05) is 6.92 Å². The number of alkyl halides is 2. The average Bonchev–Trinajstić information content (AvgIpc) is 2.52. The molecule has 1 aliphatic heterocycles. The molecule has 82 valence electrons. The number of esters is 1. The van der Waals surface area contributed by atoms with Crippen LogP contribution in [0.2, 0.25) is 0 Å². The van der Waals surface area contributed by atoms with Crippen molar-refractivity contribution in [1.29, 1.82) is 0 Å². The molecule has 0 aromatic rings. The number of nitrogens with zero attached hydrogens (tertiary/aromatic N) is 1. The van der Waals surface area contributed by atoms with E-state index < -0.39 is 18.5 Å². The molecule has 0 unspecified atom stereocenters. The van der Waals surface area contributed by atoms with Crippen molar-refractivity contribution < 1.29 is 18.3 Å². The second-order valence-electron chi connectivity index (χ2n) is 3.71. The van der Waals surface area contributed by atoms with E-state index in [2.05, 4.69) is 4.74 Å². The van der Waals surface area contributed by atoms with Gasteiger partial charge in [0.2, 0.25) is 0 Å². The Morgan fingerprint density at radius 3 is 2.50 bits per heavy atom. The zero-order valence-corrected chi connectivity index (χ0v) is 8.26. The molecule has 1 saturated heterocycles.